The Morgan fingerprint density at radius 1 is 0.284 bits per heavy atom. The number of hydrogen-bond acceptors (Lipinski definition) is 3. The van der Waals surface area contributed by atoms with Crippen molar-refractivity contribution in [3.05, 3.63) is 291 Å². The fraction of sp³-hybridized carbons (Fsp3) is 0. The molecule has 0 aliphatic rings. The van der Waals surface area contributed by atoms with Crippen LogP contribution in [0.25, 0.3) is 114 Å². The highest BCUT2D eigenvalue weighted by molar-refractivity contribution is 7.86. The molecule has 2 heterocycles. The molecule has 14 aromatic carbocycles. The number of benzene rings is 14. The SMILES string of the molecule is O=P(c1ccc2ccccc2c1)(c1ccc2ccccc2c1)c1ccc2cc(-c3ccc4nc5c6c7ccccc7ccc6c6ccc(-c7ccc(P(=O)(c8ccccc8)c8ccccc8)c8ccccc78)cc6n5c4c3)ccc2c1. The zero-order chi connectivity index (χ0) is 53.8. The topological polar surface area (TPSA) is 51.4 Å². The summed E-state index contributed by atoms with van der Waals surface area (Å²) in [6.07, 6.45) is 0. The molecule has 0 spiro atoms. The zero-order valence-corrected chi connectivity index (χ0v) is 45.6. The third-order valence-electron chi connectivity index (χ3n) is 16.8. The molecule has 0 saturated heterocycles. The number of hydrogen-bond donors (Lipinski definition) is 0. The van der Waals surface area contributed by atoms with Gasteiger partial charge in [-0.2, -0.15) is 0 Å². The summed E-state index contributed by atoms with van der Waals surface area (Å²) in [5.74, 6) is 0. The van der Waals surface area contributed by atoms with Crippen molar-refractivity contribution in [1.82, 2.24) is 9.38 Å². The molecule has 0 unspecified atom stereocenters. The number of nitrogens with zero attached hydrogens (tertiary/aromatic N) is 2. The summed E-state index contributed by atoms with van der Waals surface area (Å²) in [6, 6.07) is 101. The van der Waals surface area contributed by atoms with Crippen LogP contribution in [0, 0.1) is 0 Å². The van der Waals surface area contributed by atoms with E-state index in [1.807, 2.05) is 84.9 Å². The zero-order valence-electron chi connectivity index (χ0n) is 43.8. The quantitative estimate of drug-likeness (QED) is 0.113. The monoisotopic (exact) mass is 1070 g/mol. The normalized spacial score (nSPS) is 12.3. The first-order valence-corrected chi connectivity index (χ1v) is 30.9. The van der Waals surface area contributed by atoms with Gasteiger partial charge in [-0.15, -0.1) is 0 Å². The molecule has 81 heavy (non-hydrogen) atoms. The summed E-state index contributed by atoms with van der Waals surface area (Å²) in [5.41, 5.74) is 8.12. The van der Waals surface area contributed by atoms with Gasteiger partial charge < -0.3 is 9.13 Å². The predicted octanol–water partition coefficient (Wildman–Crippen LogP) is 17.2. The van der Waals surface area contributed by atoms with Gasteiger partial charge in [0, 0.05) is 42.6 Å². The lowest BCUT2D eigenvalue weighted by molar-refractivity contribution is 0.591. The van der Waals surface area contributed by atoms with E-state index in [-0.39, 0.29) is 0 Å². The molecule has 0 bridgehead atoms. The van der Waals surface area contributed by atoms with Crippen molar-refractivity contribution in [2.24, 2.45) is 0 Å². The van der Waals surface area contributed by atoms with Crippen LogP contribution in [0.3, 0.4) is 0 Å². The highest BCUT2D eigenvalue weighted by atomic mass is 31.2. The Balaban J connectivity index is 0.861. The first-order valence-electron chi connectivity index (χ1n) is 27.5. The molecule has 0 radical (unpaired) electrons. The summed E-state index contributed by atoms with van der Waals surface area (Å²) in [5, 5.41) is 19.0. The molecule has 16 rings (SSSR count). The molecular formula is C75H48N2O2P2. The van der Waals surface area contributed by atoms with Crippen molar-refractivity contribution in [1.29, 1.82) is 0 Å². The Morgan fingerprint density at radius 2 is 0.753 bits per heavy atom. The molecule has 0 aliphatic carbocycles. The van der Waals surface area contributed by atoms with Gasteiger partial charge in [0.15, 0.2) is 14.3 Å². The van der Waals surface area contributed by atoms with Gasteiger partial charge in [0.25, 0.3) is 0 Å². The molecule has 4 nitrogen and oxygen atoms in total. The summed E-state index contributed by atoms with van der Waals surface area (Å²) in [7, 11) is -6.63. The third kappa shape index (κ3) is 7.42. The van der Waals surface area contributed by atoms with Crippen molar-refractivity contribution in [2.45, 2.75) is 0 Å². The first-order chi connectivity index (χ1) is 39.9. The smallest absolute Gasteiger partial charge is 0.171 e. The lowest BCUT2D eigenvalue weighted by atomic mass is 9.95. The van der Waals surface area contributed by atoms with E-state index in [2.05, 4.69) is 211 Å². The molecule has 2 aromatic heterocycles. The van der Waals surface area contributed by atoms with Crippen LogP contribution >= 0.6 is 14.3 Å². The molecule has 0 N–H and O–H groups in total. The first kappa shape index (κ1) is 47.3. The molecule has 0 aliphatic heterocycles. The molecule has 0 fully saturated rings. The minimum absolute atomic E-state index is 0.801. The van der Waals surface area contributed by atoms with Crippen LogP contribution in [0.5, 0.6) is 0 Å². The Bertz CT molecular complexity index is 5250. The van der Waals surface area contributed by atoms with E-state index in [1.54, 1.807) is 0 Å². The molecule has 380 valence electrons. The minimum Gasteiger partial charge on any atom is -0.309 e. The van der Waals surface area contributed by atoms with E-state index in [4.69, 9.17) is 4.98 Å². The van der Waals surface area contributed by atoms with Crippen LogP contribution in [-0.2, 0) is 9.13 Å². The Kier molecular flexibility index (Phi) is 10.8. The summed E-state index contributed by atoms with van der Waals surface area (Å²) in [4.78, 5) is 5.50. The maximum Gasteiger partial charge on any atom is 0.171 e. The lowest BCUT2D eigenvalue weighted by Crippen LogP contribution is -2.25. The minimum atomic E-state index is -3.35. The molecule has 0 amide bonds. The van der Waals surface area contributed by atoms with Crippen molar-refractivity contribution < 1.29 is 9.13 Å². The van der Waals surface area contributed by atoms with Crippen molar-refractivity contribution in [3.8, 4) is 22.3 Å². The van der Waals surface area contributed by atoms with Crippen LogP contribution in [-0.4, -0.2) is 9.38 Å². The van der Waals surface area contributed by atoms with Crippen molar-refractivity contribution in [3.63, 3.8) is 0 Å². The Labute approximate surface area is 467 Å². The van der Waals surface area contributed by atoms with Crippen molar-refractivity contribution >= 4 is 138 Å². The second kappa shape index (κ2) is 18.4. The van der Waals surface area contributed by atoms with Crippen LogP contribution < -0.4 is 31.8 Å². The molecular weight excluding hydrogens is 1020 g/mol. The Morgan fingerprint density at radius 3 is 1.42 bits per heavy atom. The number of imidazole rings is 1. The van der Waals surface area contributed by atoms with Crippen LogP contribution in [0.4, 0.5) is 0 Å². The number of pyridine rings is 1. The Hall–Kier alpha value is -9.69. The maximum atomic E-state index is 16.2. The number of fused-ring (bicyclic) bond motifs is 14. The van der Waals surface area contributed by atoms with Gasteiger partial charge in [-0.25, -0.2) is 4.98 Å². The molecule has 16 aromatic rings. The van der Waals surface area contributed by atoms with Crippen LogP contribution in [0.1, 0.15) is 0 Å². The van der Waals surface area contributed by atoms with Gasteiger partial charge in [-0.05, 0) is 130 Å². The van der Waals surface area contributed by atoms with Gasteiger partial charge >= 0.3 is 0 Å². The second-order valence-corrected chi connectivity index (χ2v) is 26.8. The van der Waals surface area contributed by atoms with E-state index in [1.165, 1.54) is 0 Å². The molecule has 6 heteroatoms. The average Bonchev–Trinajstić information content (AvgIpc) is 4.06. The van der Waals surface area contributed by atoms with Gasteiger partial charge in [0.1, 0.15) is 5.65 Å². The van der Waals surface area contributed by atoms with Gasteiger partial charge in [-0.1, -0.05) is 243 Å². The fourth-order valence-electron chi connectivity index (χ4n) is 12.8. The largest absolute Gasteiger partial charge is 0.309 e. The molecule has 0 atom stereocenters. The predicted molar refractivity (Wildman–Crippen MR) is 345 cm³/mol. The molecule has 0 saturated carbocycles. The fourth-order valence-corrected chi connectivity index (χ4v) is 18.4. The van der Waals surface area contributed by atoms with Crippen LogP contribution in [0.2, 0.25) is 0 Å². The highest BCUT2D eigenvalue weighted by Crippen LogP contribution is 2.48. The van der Waals surface area contributed by atoms with Crippen LogP contribution in [0.15, 0.2) is 291 Å². The standard InChI is InChI=1S/C75H48N2O2P2/c78-80(61-35-29-49-15-7-9-18-52(49)44-61,62-36-30-50-16-8-10-19-53(50)45-62)63-37-31-55-43-54(27-28-56(55)46-63)57-34-41-70-72(47-57)77-71-48-58(33-38-67(71)69-39-32-51-17-11-12-24-65(51)74(69)75(77)76-70)64-40-42-73(68-26-14-13-25-66(64)68)81(79,59-20-3-1-4-21-59)60-22-5-2-6-23-60/h1-48H. The maximum absolute atomic E-state index is 16.2. The second-order valence-electron chi connectivity index (χ2n) is 21.3. The summed E-state index contributed by atoms with van der Waals surface area (Å²) >= 11 is 0. The lowest BCUT2D eigenvalue weighted by Gasteiger charge is -2.23. The van der Waals surface area contributed by atoms with E-state index >= 15 is 9.13 Å². The summed E-state index contributed by atoms with van der Waals surface area (Å²) < 4.78 is 34.4. The summed E-state index contributed by atoms with van der Waals surface area (Å²) in [6.45, 7) is 0. The average molecular weight is 1070 g/mol. The van der Waals surface area contributed by atoms with Crippen molar-refractivity contribution in [2.75, 3.05) is 0 Å². The third-order valence-corrected chi connectivity index (χ3v) is 23.0. The van der Waals surface area contributed by atoms with E-state index in [9.17, 15) is 0 Å². The van der Waals surface area contributed by atoms with Gasteiger partial charge in [0.05, 0.1) is 16.6 Å². The van der Waals surface area contributed by atoms with E-state index < -0.39 is 14.3 Å². The number of aromatic nitrogens is 2. The highest BCUT2D eigenvalue weighted by Gasteiger charge is 2.33. The van der Waals surface area contributed by atoms with Gasteiger partial charge in [-0.3, -0.25) is 4.40 Å². The van der Waals surface area contributed by atoms with E-state index in [0.29, 0.717) is 0 Å². The van der Waals surface area contributed by atoms with E-state index in [0.717, 1.165) is 146 Å². The number of rotatable bonds is 8. The van der Waals surface area contributed by atoms with Gasteiger partial charge in [0.2, 0.25) is 0 Å².